The molecule has 19 heavy (non-hydrogen) atoms. The van der Waals surface area contributed by atoms with E-state index >= 15 is 0 Å². The molecule has 3 aromatic rings. The lowest BCUT2D eigenvalue weighted by atomic mass is 10.3. The van der Waals surface area contributed by atoms with Gasteiger partial charge in [0.1, 0.15) is 17.0 Å². The highest BCUT2D eigenvalue weighted by atomic mass is 32.1. The Morgan fingerprint density at radius 1 is 1.26 bits per heavy atom. The van der Waals surface area contributed by atoms with Crippen LogP contribution in [-0.2, 0) is 12.8 Å². The molecule has 0 radical (unpaired) electrons. The predicted octanol–water partition coefficient (Wildman–Crippen LogP) is 3.36. The summed E-state index contributed by atoms with van der Waals surface area (Å²) in [5.41, 5.74) is 0. The van der Waals surface area contributed by atoms with Crippen molar-refractivity contribution < 1.29 is 0 Å². The van der Waals surface area contributed by atoms with Crippen molar-refractivity contribution in [1.82, 2.24) is 15.0 Å². The van der Waals surface area contributed by atoms with Crippen molar-refractivity contribution in [2.45, 2.75) is 19.8 Å². The van der Waals surface area contributed by atoms with Crippen LogP contribution in [0.4, 0.5) is 5.82 Å². The van der Waals surface area contributed by atoms with Gasteiger partial charge in [0.2, 0.25) is 0 Å². The third-order valence-electron chi connectivity index (χ3n) is 2.84. The Morgan fingerprint density at radius 2 is 2.21 bits per heavy atom. The molecule has 0 aromatic carbocycles. The Morgan fingerprint density at radius 3 is 3.05 bits per heavy atom. The van der Waals surface area contributed by atoms with Crippen molar-refractivity contribution in [2.75, 3.05) is 11.9 Å². The number of thiophene rings is 1. The van der Waals surface area contributed by atoms with Crippen molar-refractivity contribution in [3.05, 3.63) is 33.9 Å². The zero-order valence-electron chi connectivity index (χ0n) is 10.6. The molecule has 0 unspecified atom stereocenters. The Labute approximate surface area is 119 Å². The van der Waals surface area contributed by atoms with Gasteiger partial charge in [-0.15, -0.1) is 22.7 Å². The molecule has 0 bridgehead atoms. The number of hydrogen-bond acceptors (Lipinski definition) is 6. The SMILES string of the molecule is CCc1cnc(CCNc2ncnc3sccc23)s1. The standard InChI is InChI=1S/C13H14N4S2/c1-2-9-7-15-11(19-9)3-5-14-12-10-4-6-18-13(10)17-8-16-12/h4,6-8H,2-3,5H2,1H3,(H,14,16,17). The van der Waals surface area contributed by atoms with E-state index in [0.717, 1.165) is 35.4 Å². The summed E-state index contributed by atoms with van der Waals surface area (Å²) in [6.45, 7) is 3.00. The Bertz CT molecular complexity index is 674. The van der Waals surface area contributed by atoms with E-state index in [2.05, 4.69) is 33.3 Å². The quantitative estimate of drug-likeness (QED) is 0.783. The van der Waals surface area contributed by atoms with E-state index in [1.54, 1.807) is 29.0 Å². The van der Waals surface area contributed by atoms with Crippen LogP contribution in [-0.4, -0.2) is 21.5 Å². The molecule has 0 saturated heterocycles. The van der Waals surface area contributed by atoms with E-state index in [9.17, 15) is 0 Å². The first-order valence-corrected chi connectivity index (χ1v) is 7.92. The third kappa shape index (κ3) is 2.74. The molecule has 1 N–H and O–H groups in total. The van der Waals surface area contributed by atoms with Gasteiger partial charge in [0, 0.05) is 24.0 Å². The molecule has 4 nitrogen and oxygen atoms in total. The number of nitrogens with zero attached hydrogens (tertiary/aromatic N) is 3. The number of aromatic nitrogens is 3. The summed E-state index contributed by atoms with van der Waals surface area (Å²) in [6.07, 6.45) is 5.58. The first-order chi connectivity index (χ1) is 9.36. The molecular formula is C13H14N4S2. The molecule has 0 atom stereocenters. The first-order valence-electron chi connectivity index (χ1n) is 6.22. The smallest absolute Gasteiger partial charge is 0.138 e. The Balaban J connectivity index is 1.64. The van der Waals surface area contributed by atoms with Gasteiger partial charge < -0.3 is 5.32 Å². The minimum Gasteiger partial charge on any atom is -0.369 e. The summed E-state index contributed by atoms with van der Waals surface area (Å²) in [5, 5.41) is 7.69. The summed E-state index contributed by atoms with van der Waals surface area (Å²) in [5.74, 6) is 0.915. The topological polar surface area (TPSA) is 50.7 Å². The number of aryl methyl sites for hydroxylation is 1. The average molecular weight is 290 g/mol. The number of fused-ring (bicyclic) bond motifs is 1. The number of rotatable bonds is 5. The van der Waals surface area contributed by atoms with Crippen molar-refractivity contribution in [3.63, 3.8) is 0 Å². The molecule has 0 aliphatic rings. The van der Waals surface area contributed by atoms with Crippen molar-refractivity contribution in [1.29, 1.82) is 0 Å². The van der Waals surface area contributed by atoms with E-state index in [0.29, 0.717) is 0 Å². The maximum atomic E-state index is 4.42. The number of hydrogen-bond donors (Lipinski definition) is 1. The van der Waals surface area contributed by atoms with Gasteiger partial charge in [0.25, 0.3) is 0 Å². The minimum atomic E-state index is 0.846. The second-order valence-electron chi connectivity index (χ2n) is 4.11. The van der Waals surface area contributed by atoms with Crippen LogP contribution < -0.4 is 5.32 Å². The maximum Gasteiger partial charge on any atom is 0.138 e. The van der Waals surface area contributed by atoms with Crippen LogP contribution in [0.2, 0.25) is 0 Å². The van der Waals surface area contributed by atoms with Crippen molar-refractivity contribution in [2.24, 2.45) is 0 Å². The summed E-state index contributed by atoms with van der Waals surface area (Å²) in [4.78, 5) is 15.3. The molecule has 0 saturated carbocycles. The number of anilines is 1. The van der Waals surface area contributed by atoms with Gasteiger partial charge in [-0.3, -0.25) is 0 Å². The zero-order chi connectivity index (χ0) is 13.1. The van der Waals surface area contributed by atoms with Gasteiger partial charge >= 0.3 is 0 Å². The fraction of sp³-hybridized carbons (Fsp3) is 0.308. The van der Waals surface area contributed by atoms with E-state index in [1.807, 2.05) is 11.6 Å². The van der Waals surface area contributed by atoms with Crippen LogP contribution in [0.15, 0.2) is 24.0 Å². The Kier molecular flexibility index (Phi) is 3.70. The molecule has 0 fully saturated rings. The predicted molar refractivity (Wildman–Crippen MR) is 81.1 cm³/mol. The lowest BCUT2D eigenvalue weighted by Crippen LogP contribution is -2.06. The van der Waals surface area contributed by atoms with Crippen LogP contribution in [0, 0.1) is 0 Å². The molecule has 0 aliphatic carbocycles. The summed E-state index contributed by atoms with van der Waals surface area (Å²) < 4.78 is 0. The second kappa shape index (κ2) is 5.63. The molecule has 3 rings (SSSR count). The first kappa shape index (κ1) is 12.5. The molecule has 3 heterocycles. The molecule has 6 heteroatoms. The normalized spacial score (nSPS) is 11.0. The molecular weight excluding hydrogens is 276 g/mol. The highest BCUT2D eigenvalue weighted by Gasteiger charge is 2.05. The highest BCUT2D eigenvalue weighted by Crippen LogP contribution is 2.23. The van der Waals surface area contributed by atoms with Crippen molar-refractivity contribution in [3.8, 4) is 0 Å². The van der Waals surface area contributed by atoms with Gasteiger partial charge in [0.15, 0.2) is 0 Å². The van der Waals surface area contributed by atoms with Crippen LogP contribution in [0.5, 0.6) is 0 Å². The molecule has 0 aliphatic heterocycles. The molecule has 0 amide bonds. The third-order valence-corrected chi connectivity index (χ3v) is 4.87. The fourth-order valence-corrected chi connectivity index (χ4v) is 3.44. The average Bonchev–Trinajstić information content (AvgIpc) is 3.07. The Hall–Kier alpha value is -1.53. The number of nitrogens with one attached hydrogen (secondary N) is 1. The van der Waals surface area contributed by atoms with Gasteiger partial charge in [-0.2, -0.15) is 0 Å². The van der Waals surface area contributed by atoms with E-state index < -0.39 is 0 Å². The van der Waals surface area contributed by atoms with E-state index in [4.69, 9.17) is 0 Å². The summed E-state index contributed by atoms with van der Waals surface area (Å²) in [7, 11) is 0. The van der Waals surface area contributed by atoms with Gasteiger partial charge in [-0.1, -0.05) is 6.92 Å². The van der Waals surface area contributed by atoms with E-state index in [1.165, 1.54) is 9.88 Å². The maximum absolute atomic E-state index is 4.42. The van der Waals surface area contributed by atoms with Crippen LogP contribution in [0.3, 0.4) is 0 Å². The lowest BCUT2D eigenvalue weighted by molar-refractivity contribution is 0.987. The monoisotopic (exact) mass is 290 g/mol. The minimum absolute atomic E-state index is 0.846. The van der Waals surface area contributed by atoms with Crippen LogP contribution >= 0.6 is 22.7 Å². The zero-order valence-corrected chi connectivity index (χ0v) is 12.2. The molecule has 98 valence electrons. The van der Waals surface area contributed by atoms with Crippen LogP contribution in [0.1, 0.15) is 16.8 Å². The molecule has 3 aromatic heterocycles. The summed E-state index contributed by atoms with van der Waals surface area (Å²) in [6, 6.07) is 2.06. The largest absolute Gasteiger partial charge is 0.369 e. The van der Waals surface area contributed by atoms with Gasteiger partial charge in [0.05, 0.1) is 10.4 Å². The van der Waals surface area contributed by atoms with Crippen LogP contribution in [0.25, 0.3) is 10.2 Å². The second-order valence-corrected chi connectivity index (χ2v) is 6.21. The fourth-order valence-electron chi connectivity index (χ4n) is 1.85. The van der Waals surface area contributed by atoms with E-state index in [-0.39, 0.29) is 0 Å². The van der Waals surface area contributed by atoms with Crippen molar-refractivity contribution >= 4 is 38.7 Å². The van der Waals surface area contributed by atoms with Gasteiger partial charge in [-0.05, 0) is 17.9 Å². The number of thiazole rings is 1. The lowest BCUT2D eigenvalue weighted by Gasteiger charge is -2.04. The highest BCUT2D eigenvalue weighted by molar-refractivity contribution is 7.16. The van der Waals surface area contributed by atoms with Gasteiger partial charge in [-0.25, -0.2) is 15.0 Å². The summed E-state index contributed by atoms with van der Waals surface area (Å²) >= 11 is 3.43. The molecule has 0 spiro atoms.